The monoisotopic (exact) mass is 308 g/mol. The lowest BCUT2D eigenvalue weighted by Crippen LogP contribution is -2.35. The Morgan fingerprint density at radius 1 is 1.60 bits per heavy atom. The van der Waals surface area contributed by atoms with Crippen LogP contribution in [0.15, 0.2) is 17.6 Å². The molecule has 20 heavy (non-hydrogen) atoms. The fourth-order valence-corrected chi connectivity index (χ4v) is 2.52. The maximum atomic E-state index is 11.7. The second kappa shape index (κ2) is 8.38. The van der Waals surface area contributed by atoms with Gasteiger partial charge in [-0.1, -0.05) is 6.08 Å². The summed E-state index contributed by atoms with van der Waals surface area (Å²) in [6, 6.07) is 0. The SMILES string of the molecule is C=C[C@H](CN)O[P+](=O)O[C@H]1[C@@H](O)[C@@H](N=CN)O[C@@H]1CO. The van der Waals surface area contributed by atoms with Crippen molar-refractivity contribution in [2.24, 2.45) is 16.5 Å². The van der Waals surface area contributed by atoms with Gasteiger partial charge in [0.05, 0.1) is 12.9 Å². The predicted octanol–water partition coefficient (Wildman–Crippen LogP) is -1.38. The topological polar surface area (TPSA) is 150 Å². The Labute approximate surface area is 117 Å². The fraction of sp³-hybridized carbons (Fsp3) is 0.700. The highest BCUT2D eigenvalue weighted by atomic mass is 31.1. The molecule has 0 aromatic rings. The standard InChI is InChI=1S/C10H19N3O6P/c1-2-6(3-11)18-20(16)19-9-7(4-14)17-10(8(9)15)13-5-12/h2,5-10,14-15H,1,3-4,11H2,(H2,12,13)/q+1/t6-,7-,8-,9-,10+/m1/s1. The second-order valence-electron chi connectivity index (χ2n) is 3.95. The van der Waals surface area contributed by atoms with E-state index < -0.39 is 45.5 Å². The van der Waals surface area contributed by atoms with Crippen molar-refractivity contribution in [1.29, 1.82) is 0 Å². The van der Waals surface area contributed by atoms with Gasteiger partial charge in [0.15, 0.2) is 12.3 Å². The highest BCUT2D eigenvalue weighted by Crippen LogP contribution is 2.35. The van der Waals surface area contributed by atoms with Gasteiger partial charge in [-0.05, 0) is 0 Å². The van der Waals surface area contributed by atoms with Crippen LogP contribution in [0.2, 0.25) is 0 Å². The first kappa shape index (κ1) is 17.1. The number of aliphatic hydroxyl groups is 2. The lowest BCUT2D eigenvalue weighted by molar-refractivity contribution is -0.0156. The smallest absolute Gasteiger partial charge is 0.394 e. The summed E-state index contributed by atoms with van der Waals surface area (Å²) >= 11 is 0. The van der Waals surface area contributed by atoms with Crippen molar-refractivity contribution in [2.75, 3.05) is 13.2 Å². The van der Waals surface area contributed by atoms with Crippen molar-refractivity contribution in [3.8, 4) is 0 Å². The molecule has 1 heterocycles. The molecule has 1 rings (SSSR count). The average Bonchev–Trinajstić information content (AvgIpc) is 2.73. The minimum atomic E-state index is -2.57. The third-order valence-electron chi connectivity index (χ3n) is 2.65. The number of ether oxygens (including phenoxy) is 1. The maximum Gasteiger partial charge on any atom is 0.698 e. The average molecular weight is 308 g/mol. The van der Waals surface area contributed by atoms with Gasteiger partial charge in [0.2, 0.25) is 0 Å². The first-order chi connectivity index (χ1) is 9.57. The maximum absolute atomic E-state index is 11.7. The van der Waals surface area contributed by atoms with Crippen LogP contribution in [0.25, 0.3) is 0 Å². The molecule has 1 unspecified atom stereocenters. The third-order valence-corrected chi connectivity index (χ3v) is 3.51. The molecule has 10 heteroatoms. The van der Waals surface area contributed by atoms with E-state index in [4.69, 9.17) is 30.4 Å². The van der Waals surface area contributed by atoms with Crippen LogP contribution in [0.3, 0.4) is 0 Å². The van der Waals surface area contributed by atoms with E-state index in [1.807, 2.05) is 0 Å². The minimum Gasteiger partial charge on any atom is -0.394 e. The quantitative estimate of drug-likeness (QED) is 0.185. The summed E-state index contributed by atoms with van der Waals surface area (Å²) in [5.41, 5.74) is 10.5. The van der Waals surface area contributed by atoms with Crippen molar-refractivity contribution in [2.45, 2.75) is 30.6 Å². The molecule has 0 aliphatic carbocycles. The lowest BCUT2D eigenvalue weighted by Gasteiger charge is -2.11. The van der Waals surface area contributed by atoms with Gasteiger partial charge in [-0.3, -0.25) is 0 Å². The number of aliphatic hydroxyl groups excluding tert-OH is 2. The van der Waals surface area contributed by atoms with Crippen molar-refractivity contribution in [3.63, 3.8) is 0 Å². The van der Waals surface area contributed by atoms with Crippen LogP contribution >= 0.6 is 8.25 Å². The number of nitrogens with two attached hydrogens (primary N) is 2. The molecule has 0 saturated carbocycles. The summed E-state index contributed by atoms with van der Waals surface area (Å²) in [6.45, 7) is 3.11. The molecule has 6 N–H and O–H groups in total. The molecule has 1 aliphatic rings. The zero-order chi connectivity index (χ0) is 15.1. The van der Waals surface area contributed by atoms with Gasteiger partial charge in [0.1, 0.15) is 18.3 Å². The molecule has 9 nitrogen and oxygen atoms in total. The number of hydrogen-bond acceptors (Lipinski definition) is 8. The zero-order valence-corrected chi connectivity index (χ0v) is 11.6. The Balaban J connectivity index is 2.64. The number of nitrogens with zero attached hydrogens (tertiary/aromatic N) is 1. The number of aliphatic imine (C=N–C) groups is 1. The minimum absolute atomic E-state index is 0.0845. The normalized spacial score (nSPS) is 32.5. The van der Waals surface area contributed by atoms with Gasteiger partial charge in [-0.2, -0.15) is 0 Å². The Kier molecular flexibility index (Phi) is 7.17. The van der Waals surface area contributed by atoms with Crippen molar-refractivity contribution >= 4 is 14.6 Å². The van der Waals surface area contributed by atoms with E-state index in [-0.39, 0.29) is 6.54 Å². The molecule has 1 saturated heterocycles. The largest absolute Gasteiger partial charge is 0.698 e. The lowest BCUT2D eigenvalue weighted by atomic mass is 10.1. The van der Waals surface area contributed by atoms with Gasteiger partial charge in [-0.15, -0.1) is 15.6 Å². The first-order valence-electron chi connectivity index (χ1n) is 5.88. The summed E-state index contributed by atoms with van der Waals surface area (Å²) in [6.07, 6.45) is -2.46. The molecule has 0 amide bonds. The van der Waals surface area contributed by atoms with E-state index in [1.54, 1.807) is 0 Å². The van der Waals surface area contributed by atoms with Crippen molar-refractivity contribution in [3.05, 3.63) is 12.7 Å². The van der Waals surface area contributed by atoms with E-state index in [0.717, 1.165) is 6.34 Å². The van der Waals surface area contributed by atoms with Crippen molar-refractivity contribution in [1.82, 2.24) is 0 Å². The number of rotatable bonds is 8. The zero-order valence-electron chi connectivity index (χ0n) is 10.7. The van der Waals surface area contributed by atoms with Crippen LogP contribution in [-0.2, 0) is 18.3 Å². The van der Waals surface area contributed by atoms with Gasteiger partial charge < -0.3 is 26.4 Å². The molecule has 114 valence electrons. The molecular weight excluding hydrogens is 289 g/mol. The molecule has 1 aliphatic heterocycles. The third kappa shape index (κ3) is 4.29. The molecular formula is C10H19N3O6P+. The van der Waals surface area contributed by atoms with Crippen molar-refractivity contribution < 1.29 is 28.6 Å². The second-order valence-corrected chi connectivity index (χ2v) is 4.81. The Bertz CT molecular complexity index is 369. The molecule has 0 bridgehead atoms. The van der Waals surface area contributed by atoms with E-state index >= 15 is 0 Å². The molecule has 0 radical (unpaired) electrons. The molecule has 0 aromatic heterocycles. The van der Waals surface area contributed by atoms with Crippen LogP contribution in [0.5, 0.6) is 0 Å². The Morgan fingerprint density at radius 3 is 2.80 bits per heavy atom. The van der Waals surface area contributed by atoms with E-state index in [2.05, 4.69) is 11.6 Å². The Morgan fingerprint density at radius 2 is 2.30 bits per heavy atom. The summed E-state index contributed by atoms with van der Waals surface area (Å²) in [5, 5.41) is 19.1. The predicted molar refractivity (Wildman–Crippen MR) is 71.0 cm³/mol. The first-order valence-corrected chi connectivity index (χ1v) is 6.98. The van der Waals surface area contributed by atoms with Gasteiger partial charge in [-0.25, -0.2) is 4.99 Å². The molecule has 0 aromatic carbocycles. The van der Waals surface area contributed by atoms with Crippen LogP contribution in [0, 0.1) is 0 Å². The van der Waals surface area contributed by atoms with Gasteiger partial charge in [0, 0.05) is 11.1 Å². The van der Waals surface area contributed by atoms with Gasteiger partial charge >= 0.3 is 8.25 Å². The fourth-order valence-electron chi connectivity index (χ4n) is 1.62. The summed E-state index contributed by atoms with van der Waals surface area (Å²) in [4.78, 5) is 3.67. The van der Waals surface area contributed by atoms with Crippen LogP contribution < -0.4 is 11.5 Å². The highest BCUT2D eigenvalue weighted by molar-refractivity contribution is 7.33. The van der Waals surface area contributed by atoms with Crippen LogP contribution in [0.1, 0.15) is 0 Å². The number of hydrogen-bond donors (Lipinski definition) is 4. The molecule has 6 atom stereocenters. The molecule has 0 spiro atoms. The van der Waals surface area contributed by atoms with Crippen LogP contribution in [-0.4, -0.2) is 60.3 Å². The summed E-state index contributed by atoms with van der Waals surface area (Å²) in [7, 11) is -2.57. The highest BCUT2D eigenvalue weighted by Gasteiger charge is 2.49. The summed E-state index contributed by atoms with van der Waals surface area (Å²) in [5.74, 6) is 0. The molecule has 1 fully saturated rings. The van der Waals surface area contributed by atoms with Crippen LogP contribution in [0.4, 0.5) is 0 Å². The van der Waals surface area contributed by atoms with Gasteiger partial charge in [0.25, 0.3) is 0 Å². The Hall–Kier alpha value is -0.930. The summed E-state index contributed by atoms with van der Waals surface area (Å²) < 4.78 is 26.9. The van der Waals surface area contributed by atoms with E-state index in [0.29, 0.717) is 0 Å². The van der Waals surface area contributed by atoms with E-state index in [9.17, 15) is 9.67 Å². The van der Waals surface area contributed by atoms with E-state index in [1.165, 1.54) is 6.08 Å².